The minimum atomic E-state index is -0.121. The Morgan fingerprint density at radius 1 is 1.25 bits per heavy atom. The molecule has 3 rings (SSSR count). The molecule has 0 aromatic carbocycles. The van der Waals surface area contributed by atoms with Gasteiger partial charge in [-0.3, -0.25) is 9.69 Å². The minimum absolute atomic E-state index is 0.0842. The number of carbonyl (C=O) groups is 2. The molecule has 3 aliphatic rings. The highest BCUT2D eigenvalue weighted by molar-refractivity contribution is 5.81. The van der Waals surface area contributed by atoms with Gasteiger partial charge in [0.1, 0.15) is 0 Å². The standard InChI is InChI=1S/C17H30N4O3/c1-13(16(22)18-12-15-4-3-11-24-15)20-7-5-14(6-8-20)21-10-9-19(2)17(21)23/h13-15H,3-12H2,1-2H3,(H,18,22)/t13-,15-/m1/s1. The zero-order valence-corrected chi connectivity index (χ0v) is 14.9. The Morgan fingerprint density at radius 3 is 2.58 bits per heavy atom. The fourth-order valence-corrected chi connectivity index (χ4v) is 3.93. The van der Waals surface area contributed by atoms with E-state index in [1.807, 2.05) is 18.9 Å². The third kappa shape index (κ3) is 3.83. The van der Waals surface area contributed by atoms with Crippen LogP contribution in [0.5, 0.6) is 0 Å². The monoisotopic (exact) mass is 338 g/mol. The molecule has 3 fully saturated rings. The molecule has 3 aliphatic heterocycles. The quantitative estimate of drug-likeness (QED) is 0.793. The van der Waals surface area contributed by atoms with Crippen molar-refractivity contribution in [3.8, 4) is 0 Å². The highest BCUT2D eigenvalue weighted by atomic mass is 16.5. The van der Waals surface area contributed by atoms with E-state index in [0.717, 1.165) is 58.5 Å². The predicted octanol–water partition coefficient (Wildman–Crippen LogP) is 0.502. The normalized spacial score (nSPS) is 27.8. The molecule has 0 unspecified atom stereocenters. The largest absolute Gasteiger partial charge is 0.376 e. The second-order valence-electron chi connectivity index (χ2n) is 7.22. The van der Waals surface area contributed by atoms with Gasteiger partial charge in [0.2, 0.25) is 5.91 Å². The lowest BCUT2D eigenvalue weighted by molar-refractivity contribution is -0.127. The number of rotatable bonds is 5. The van der Waals surface area contributed by atoms with E-state index in [2.05, 4.69) is 10.2 Å². The summed E-state index contributed by atoms with van der Waals surface area (Å²) in [6.07, 6.45) is 4.21. The molecule has 1 N–H and O–H groups in total. The van der Waals surface area contributed by atoms with Crippen molar-refractivity contribution in [3.05, 3.63) is 0 Å². The van der Waals surface area contributed by atoms with Crippen LogP contribution in [0.3, 0.4) is 0 Å². The van der Waals surface area contributed by atoms with Crippen LogP contribution in [-0.4, -0.2) is 91.2 Å². The van der Waals surface area contributed by atoms with Crippen LogP contribution in [0.1, 0.15) is 32.6 Å². The number of carbonyl (C=O) groups excluding carboxylic acids is 2. The number of likely N-dealkylation sites (N-methyl/N-ethyl adjacent to an activating group) is 1. The van der Waals surface area contributed by atoms with Crippen molar-refractivity contribution in [1.29, 1.82) is 0 Å². The first-order chi connectivity index (χ1) is 11.6. The summed E-state index contributed by atoms with van der Waals surface area (Å²) in [6.45, 7) is 6.79. The molecule has 0 saturated carbocycles. The summed E-state index contributed by atoms with van der Waals surface area (Å²) in [6, 6.07) is 0.348. The summed E-state index contributed by atoms with van der Waals surface area (Å²) in [5, 5.41) is 3.02. The van der Waals surface area contributed by atoms with Crippen molar-refractivity contribution in [1.82, 2.24) is 20.0 Å². The van der Waals surface area contributed by atoms with Crippen LogP contribution >= 0.6 is 0 Å². The second-order valence-corrected chi connectivity index (χ2v) is 7.22. The second kappa shape index (κ2) is 7.70. The molecule has 3 amide bonds. The Labute approximate surface area is 144 Å². The number of nitrogens with one attached hydrogen (secondary N) is 1. The van der Waals surface area contributed by atoms with Crippen LogP contribution in [0, 0.1) is 0 Å². The van der Waals surface area contributed by atoms with Crippen molar-refractivity contribution >= 4 is 11.9 Å². The van der Waals surface area contributed by atoms with Crippen molar-refractivity contribution in [2.75, 3.05) is 46.4 Å². The van der Waals surface area contributed by atoms with Gasteiger partial charge in [-0.25, -0.2) is 4.79 Å². The molecule has 2 atom stereocenters. The summed E-state index contributed by atoms with van der Waals surface area (Å²) >= 11 is 0. The predicted molar refractivity (Wildman–Crippen MR) is 90.8 cm³/mol. The molecule has 3 heterocycles. The molecule has 0 spiro atoms. The van der Waals surface area contributed by atoms with Gasteiger partial charge in [0.05, 0.1) is 12.1 Å². The molecule has 24 heavy (non-hydrogen) atoms. The maximum absolute atomic E-state index is 12.4. The fourth-order valence-electron chi connectivity index (χ4n) is 3.93. The summed E-state index contributed by atoms with van der Waals surface area (Å²) < 4.78 is 5.55. The number of urea groups is 1. The molecule has 0 aromatic heterocycles. The number of nitrogens with zero attached hydrogens (tertiary/aromatic N) is 3. The van der Waals surface area contributed by atoms with E-state index in [1.54, 1.807) is 4.90 Å². The molecule has 0 radical (unpaired) electrons. The van der Waals surface area contributed by atoms with Crippen LogP contribution in [-0.2, 0) is 9.53 Å². The summed E-state index contributed by atoms with van der Waals surface area (Å²) in [5.74, 6) is 0.0842. The van der Waals surface area contributed by atoms with Crippen molar-refractivity contribution in [3.63, 3.8) is 0 Å². The third-order valence-corrected chi connectivity index (χ3v) is 5.64. The summed E-state index contributed by atoms with van der Waals surface area (Å²) in [5.41, 5.74) is 0. The van der Waals surface area contributed by atoms with Crippen molar-refractivity contribution < 1.29 is 14.3 Å². The molecule has 0 bridgehead atoms. The van der Waals surface area contributed by atoms with E-state index in [1.165, 1.54) is 0 Å². The first-order valence-electron chi connectivity index (χ1n) is 9.21. The smallest absolute Gasteiger partial charge is 0.320 e. The van der Waals surface area contributed by atoms with Crippen LogP contribution in [0.2, 0.25) is 0 Å². The SMILES string of the molecule is C[C@H](C(=O)NC[C@H]1CCCO1)N1CCC(N2CCN(C)C2=O)CC1. The van der Waals surface area contributed by atoms with Gasteiger partial charge in [0.15, 0.2) is 0 Å². The number of amides is 3. The van der Waals surface area contributed by atoms with Gasteiger partial charge < -0.3 is 19.9 Å². The van der Waals surface area contributed by atoms with Crippen molar-refractivity contribution in [2.45, 2.75) is 50.8 Å². The maximum Gasteiger partial charge on any atom is 0.320 e. The number of piperidine rings is 1. The van der Waals surface area contributed by atoms with Gasteiger partial charge >= 0.3 is 6.03 Å². The van der Waals surface area contributed by atoms with Gasteiger partial charge in [-0.15, -0.1) is 0 Å². The zero-order chi connectivity index (χ0) is 17.1. The lowest BCUT2D eigenvalue weighted by Gasteiger charge is -2.38. The van der Waals surface area contributed by atoms with Gasteiger partial charge in [0.25, 0.3) is 0 Å². The number of likely N-dealkylation sites (tertiary alicyclic amines) is 1. The number of ether oxygens (including phenoxy) is 1. The maximum atomic E-state index is 12.4. The molecular weight excluding hydrogens is 308 g/mol. The first kappa shape index (κ1) is 17.5. The van der Waals surface area contributed by atoms with E-state index >= 15 is 0 Å². The van der Waals surface area contributed by atoms with E-state index in [-0.39, 0.29) is 24.1 Å². The molecule has 136 valence electrons. The molecule has 7 nitrogen and oxygen atoms in total. The topological polar surface area (TPSA) is 65.1 Å². The Hall–Kier alpha value is -1.34. The highest BCUT2D eigenvalue weighted by Gasteiger charge is 2.35. The van der Waals surface area contributed by atoms with Gasteiger partial charge in [0, 0.05) is 52.4 Å². The number of hydrogen-bond donors (Lipinski definition) is 1. The Bertz CT molecular complexity index is 459. The fraction of sp³-hybridized carbons (Fsp3) is 0.882. The average molecular weight is 338 g/mol. The van der Waals surface area contributed by atoms with E-state index in [9.17, 15) is 9.59 Å². The van der Waals surface area contributed by atoms with Gasteiger partial charge in [-0.1, -0.05) is 0 Å². The first-order valence-corrected chi connectivity index (χ1v) is 9.21. The molecule has 0 aliphatic carbocycles. The summed E-state index contributed by atoms with van der Waals surface area (Å²) in [4.78, 5) is 30.5. The molecule has 0 aromatic rings. The van der Waals surface area contributed by atoms with Crippen LogP contribution in [0.15, 0.2) is 0 Å². The molecular formula is C17H30N4O3. The third-order valence-electron chi connectivity index (χ3n) is 5.64. The van der Waals surface area contributed by atoms with Crippen LogP contribution in [0.4, 0.5) is 4.79 Å². The lowest BCUT2D eigenvalue weighted by atomic mass is 10.0. The lowest BCUT2D eigenvalue weighted by Crippen LogP contribution is -2.52. The Balaban J connectivity index is 1.42. The molecule has 3 saturated heterocycles. The van der Waals surface area contributed by atoms with E-state index in [0.29, 0.717) is 12.6 Å². The Morgan fingerprint density at radius 2 is 2.00 bits per heavy atom. The molecule has 7 heteroatoms. The van der Waals surface area contributed by atoms with E-state index < -0.39 is 0 Å². The average Bonchev–Trinajstić information content (AvgIpc) is 3.23. The number of hydrogen-bond acceptors (Lipinski definition) is 4. The zero-order valence-electron chi connectivity index (χ0n) is 14.9. The van der Waals surface area contributed by atoms with Crippen LogP contribution < -0.4 is 5.32 Å². The van der Waals surface area contributed by atoms with E-state index in [4.69, 9.17) is 4.74 Å². The van der Waals surface area contributed by atoms with Gasteiger partial charge in [-0.2, -0.15) is 0 Å². The summed E-state index contributed by atoms with van der Waals surface area (Å²) in [7, 11) is 1.86. The van der Waals surface area contributed by atoms with Crippen LogP contribution in [0.25, 0.3) is 0 Å². The highest BCUT2D eigenvalue weighted by Crippen LogP contribution is 2.22. The Kier molecular flexibility index (Phi) is 5.61. The minimum Gasteiger partial charge on any atom is -0.376 e. The van der Waals surface area contributed by atoms with Crippen molar-refractivity contribution in [2.24, 2.45) is 0 Å². The van der Waals surface area contributed by atoms with Gasteiger partial charge in [-0.05, 0) is 32.6 Å².